The van der Waals surface area contributed by atoms with Crippen LogP contribution in [0.1, 0.15) is 33.1 Å². The van der Waals surface area contributed by atoms with Crippen LogP contribution in [0.4, 0.5) is 0 Å². The quantitative estimate of drug-likeness (QED) is 0.732. The van der Waals surface area contributed by atoms with Gasteiger partial charge in [0.2, 0.25) is 5.91 Å². The highest BCUT2D eigenvalue weighted by atomic mass is 16.5. The lowest BCUT2D eigenvalue weighted by atomic mass is 9.98. The molecule has 2 unspecified atom stereocenters. The van der Waals surface area contributed by atoms with Crippen molar-refractivity contribution in [3.8, 4) is 0 Å². The van der Waals surface area contributed by atoms with Crippen molar-refractivity contribution in [2.75, 3.05) is 13.7 Å². The highest BCUT2D eigenvalue weighted by Gasteiger charge is 2.35. The first kappa shape index (κ1) is 14.0. The zero-order chi connectivity index (χ0) is 13.0. The first-order chi connectivity index (χ1) is 7.99. The Hall–Kier alpha value is -1.10. The summed E-state index contributed by atoms with van der Waals surface area (Å²) < 4.78 is 4.74. The van der Waals surface area contributed by atoms with Crippen molar-refractivity contribution >= 4 is 11.9 Å². The molecule has 0 bridgehead atoms. The lowest BCUT2D eigenvalue weighted by molar-refractivity contribution is -0.155. The first-order valence-electron chi connectivity index (χ1n) is 6.13. The number of carbonyl (C=O) groups excluding carboxylic acids is 2. The van der Waals surface area contributed by atoms with Crippen molar-refractivity contribution in [3.05, 3.63) is 0 Å². The van der Waals surface area contributed by atoms with E-state index in [2.05, 4.69) is 0 Å². The number of hydrogen-bond donors (Lipinski definition) is 1. The third kappa shape index (κ3) is 3.19. The van der Waals surface area contributed by atoms with E-state index in [4.69, 9.17) is 10.5 Å². The number of nitrogens with two attached hydrogens (primary N) is 1. The molecule has 5 nitrogen and oxygen atoms in total. The maximum Gasteiger partial charge on any atom is 0.328 e. The van der Waals surface area contributed by atoms with Crippen molar-refractivity contribution in [1.82, 2.24) is 4.90 Å². The average Bonchev–Trinajstić information content (AvgIpc) is 2.35. The summed E-state index contributed by atoms with van der Waals surface area (Å²) in [5.74, 6) is -0.410. The molecule has 0 aromatic rings. The summed E-state index contributed by atoms with van der Waals surface area (Å²) in [5.41, 5.74) is 5.85. The summed E-state index contributed by atoms with van der Waals surface area (Å²) >= 11 is 0. The summed E-state index contributed by atoms with van der Waals surface area (Å²) in [5, 5.41) is 0. The summed E-state index contributed by atoms with van der Waals surface area (Å²) in [6.45, 7) is 4.40. The molecule has 5 heteroatoms. The van der Waals surface area contributed by atoms with Crippen molar-refractivity contribution < 1.29 is 14.3 Å². The molecule has 1 amide bonds. The summed E-state index contributed by atoms with van der Waals surface area (Å²) in [4.78, 5) is 25.4. The Morgan fingerprint density at radius 3 is 2.53 bits per heavy atom. The Kier molecular flexibility index (Phi) is 4.93. The van der Waals surface area contributed by atoms with E-state index in [0.29, 0.717) is 13.0 Å². The lowest BCUT2D eigenvalue weighted by Gasteiger charge is -2.36. The van der Waals surface area contributed by atoms with Gasteiger partial charge in [-0.05, 0) is 25.2 Å². The van der Waals surface area contributed by atoms with E-state index in [1.54, 1.807) is 4.90 Å². The molecular formula is C12H22N2O3. The van der Waals surface area contributed by atoms with Gasteiger partial charge in [0.05, 0.1) is 13.2 Å². The third-order valence-corrected chi connectivity index (χ3v) is 3.26. The Bertz CT molecular complexity index is 291. The van der Waals surface area contributed by atoms with Crippen molar-refractivity contribution in [1.29, 1.82) is 0 Å². The van der Waals surface area contributed by atoms with Gasteiger partial charge in [0.15, 0.2) is 0 Å². The van der Waals surface area contributed by atoms with Gasteiger partial charge in [0.25, 0.3) is 0 Å². The van der Waals surface area contributed by atoms with Gasteiger partial charge >= 0.3 is 5.97 Å². The highest BCUT2D eigenvalue weighted by Crippen LogP contribution is 2.20. The fourth-order valence-electron chi connectivity index (χ4n) is 2.05. The number of hydrogen-bond acceptors (Lipinski definition) is 4. The number of amides is 1. The molecule has 98 valence electrons. The van der Waals surface area contributed by atoms with E-state index in [-0.39, 0.29) is 17.8 Å². The predicted molar refractivity (Wildman–Crippen MR) is 64.2 cm³/mol. The number of nitrogens with zero attached hydrogens (tertiary/aromatic N) is 1. The van der Waals surface area contributed by atoms with Gasteiger partial charge in [-0.25, -0.2) is 4.79 Å². The van der Waals surface area contributed by atoms with Crippen LogP contribution in [0.15, 0.2) is 0 Å². The molecular weight excluding hydrogens is 220 g/mol. The molecule has 1 aliphatic rings. The molecule has 1 fully saturated rings. The molecule has 0 aromatic carbocycles. The van der Waals surface area contributed by atoms with Crippen LogP contribution in [-0.4, -0.2) is 42.5 Å². The maximum absolute atomic E-state index is 12.2. The standard InChI is InChI=1S/C12H22N2O3/c1-8(2)10(13)11(15)14-7-5-4-6-9(14)12(16)17-3/h8-10H,4-7,13H2,1-3H3. The zero-order valence-electron chi connectivity index (χ0n) is 10.8. The molecule has 0 spiro atoms. The fraction of sp³-hybridized carbons (Fsp3) is 0.833. The van der Waals surface area contributed by atoms with Gasteiger partial charge in [0.1, 0.15) is 6.04 Å². The van der Waals surface area contributed by atoms with E-state index in [9.17, 15) is 9.59 Å². The van der Waals surface area contributed by atoms with Crippen LogP contribution in [0, 0.1) is 5.92 Å². The van der Waals surface area contributed by atoms with Crippen molar-refractivity contribution in [3.63, 3.8) is 0 Å². The molecule has 2 N–H and O–H groups in total. The smallest absolute Gasteiger partial charge is 0.328 e. The monoisotopic (exact) mass is 242 g/mol. The second kappa shape index (κ2) is 6.00. The van der Waals surface area contributed by atoms with Gasteiger partial charge in [-0.15, -0.1) is 0 Å². The average molecular weight is 242 g/mol. The highest BCUT2D eigenvalue weighted by molar-refractivity contribution is 5.87. The number of esters is 1. The number of piperidine rings is 1. The second-order valence-electron chi connectivity index (χ2n) is 4.84. The minimum Gasteiger partial charge on any atom is -0.467 e. The number of ether oxygens (including phenoxy) is 1. The van der Waals surface area contributed by atoms with Crippen LogP contribution < -0.4 is 5.73 Å². The molecule has 1 saturated heterocycles. The number of carbonyl (C=O) groups is 2. The normalized spacial score (nSPS) is 22.4. The molecule has 17 heavy (non-hydrogen) atoms. The minimum absolute atomic E-state index is 0.0720. The van der Waals surface area contributed by atoms with E-state index in [1.165, 1.54) is 7.11 Å². The molecule has 0 saturated carbocycles. The van der Waals surface area contributed by atoms with E-state index in [0.717, 1.165) is 12.8 Å². The van der Waals surface area contributed by atoms with Crippen molar-refractivity contribution in [2.24, 2.45) is 11.7 Å². The van der Waals surface area contributed by atoms with E-state index < -0.39 is 12.1 Å². The largest absolute Gasteiger partial charge is 0.467 e. The Labute approximate surface area is 102 Å². The minimum atomic E-state index is -0.541. The number of methoxy groups -OCH3 is 1. The van der Waals surface area contributed by atoms with Gasteiger partial charge in [0, 0.05) is 6.54 Å². The summed E-state index contributed by atoms with van der Waals surface area (Å²) in [6.07, 6.45) is 2.54. The fourth-order valence-corrected chi connectivity index (χ4v) is 2.05. The molecule has 1 heterocycles. The topological polar surface area (TPSA) is 72.6 Å². The van der Waals surface area contributed by atoms with Crippen molar-refractivity contribution in [2.45, 2.75) is 45.2 Å². The molecule has 0 aromatic heterocycles. The van der Waals surface area contributed by atoms with Gasteiger partial charge < -0.3 is 15.4 Å². The SMILES string of the molecule is COC(=O)C1CCCCN1C(=O)C(N)C(C)C. The van der Waals surface area contributed by atoms with Crippen LogP contribution in [0.2, 0.25) is 0 Å². The summed E-state index contributed by atoms with van der Waals surface area (Å²) in [6, 6.07) is -0.994. The Balaban J connectivity index is 2.77. The lowest BCUT2D eigenvalue weighted by Crippen LogP contribution is -2.55. The van der Waals surface area contributed by atoms with Crippen LogP contribution >= 0.6 is 0 Å². The summed E-state index contributed by atoms with van der Waals surface area (Å²) in [7, 11) is 1.35. The molecule has 1 rings (SSSR count). The van der Waals surface area contributed by atoms with E-state index in [1.807, 2.05) is 13.8 Å². The Morgan fingerprint density at radius 2 is 2.00 bits per heavy atom. The van der Waals surface area contributed by atoms with Crippen LogP contribution in [0.3, 0.4) is 0 Å². The molecule has 2 atom stereocenters. The second-order valence-corrected chi connectivity index (χ2v) is 4.84. The van der Waals surface area contributed by atoms with Crippen LogP contribution in [-0.2, 0) is 14.3 Å². The van der Waals surface area contributed by atoms with Crippen LogP contribution in [0.5, 0.6) is 0 Å². The van der Waals surface area contributed by atoms with E-state index >= 15 is 0 Å². The molecule has 0 radical (unpaired) electrons. The number of rotatable bonds is 3. The Morgan fingerprint density at radius 1 is 1.35 bits per heavy atom. The zero-order valence-corrected chi connectivity index (χ0v) is 10.8. The van der Waals surface area contributed by atoms with Gasteiger partial charge in [-0.2, -0.15) is 0 Å². The van der Waals surface area contributed by atoms with Gasteiger partial charge in [-0.3, -0.25) is 4.79 Å². The third-order valence-electron chi connectivity index (χ3n) is 3.26. The maximum atomic E-state index is 12.2. The first-order valence-corrected chi connectivity index (χ1v) is 6.13. The van der Waals surface area contributed by atoms with Crippen LogP contribution in [0.25, 0.3) is 0 Å². The number of likely N-dealkylation sites (tertiary alicyclic amines) is 1. The predicted octanol–water partition coefficient (Wildman–Crippen LogP) is 0.524. The molecule has 1 aliphatic heterocycles. The van der Waals surface area contributed by atoms with Gasteiger partial charge in [-0.1, -0.05) is 13.8 Å². The molecule has 0 aliphatic carbocycles.